The van der Waals surface area contributed by atoms with E-state index in [1.807, 2.05) is 29.2 Å². The third-order valence-electron chi connectivity index (χ3n) is 6.23. The SMILES string of the molecule is COc1ccc(-c2noc(C3CCN(C(=O)CCC4CCCC4)CC3)n2)cc1. The molecule has 150 valence electrons. The Hall–Kier alpha value is -2.37. The van der Waals surface area contributed by atoms with E-state index in [1.54, 1.807) is 7.11 Å². The second-order valence-corrected chi connectivity index (χ2v) is 8.03. The van der Waals surface area contributed by atoms with Crippen molar-refractivity contribution in [2.24, 2.45) is 5.92 Å². The summed E-state index contributed by atoms with van der Waals surface area (Å²) in [5.41, 5.74) is 0.912. The third-order valence-corrected chi connectivity index (χ3v) is 6.23. The summed E-state index contributed by atoms with van der Waals surface area (Å²) in [5.74, 6) is 3.42. The maximum Gasteiger partial charge on any atom is 0.230 e. The quantitative estimate of drug-likeness (QED) is 0.738. The van der Waals surface area contributed by atoms with Gasteiger partial charge >= 0.3 is 0 Å². The molecule has 2 aromatic rings. The highest BCUT2D eigenvalue weighted by Crippen LogP contribution is 2.31. The fourth-order valence-electron chi connectivity index (χ4n) is 4.42. The van der Waals surface area contributed by atoms with E-state index in [2.05, 4.69) is 10.1 Å². The van der Waals surface area contributed by atoms with Crippen molar-refractivity contribution in [2.75, 3.05) is 20.2 Å². The standard InChI is InChI=1S/C22H29N3O3/c1-27-19-9-7-17(8-10-19)21-23-22(28-24-21)18-12-14-25(15-13-18)20(26)11-6-16-4-2-3-5-16/h7-10,16,18H,2-6,11-15H2,1H3. The highest BCUT2D eigenvalue weighted by molar-refractivity contribution is 5.76. The van der Waals surface area contributed by atoms with Gasteiger partial charge in [0.2, 0.25) is 17.6 Å². The van der Waals surface area contributed by atoms with Crippen LogP contribution in [0.2, 0.25) is 0 Å². The Kier molecular flexibility index (Phi) is 5.93. The Morgan fingerprint density at radius 1 is 1.14 bits per heavy atom. The fourth-order valence-corrected chi connectivity index (χ4v) is 4.42. The second-order valence-electron chi connectivity index (χ2n) is 8.03. The largest absolute Gasteiger partial charge is 0.497 e. The first kappa shape index (κ1) is 19.0. The van der Waals surface area contributed by atoms with E-state index < -0.39 is 0 Å². The first-order valence-electron chi connectivity index (χ1n) is 10.5. The van der Waals surface area contributed by atoms with Gasteiger partial charge in [-0.15, -0.1) is 0 Å². The van der Waals surface area contributed by atoms with Crippen LogP contribution in [-0.2, 0) is 4.79 Å². The summed E-state index contributed by atoms with van der Waals surface area (Å²) in [6, 6.07) is 7.64. The molecule has 0 N–H and O–H groups in total. The zero-order valence-corrected chi connectivity index (χ0v) is 16.6. The molecule has 1 saturated carbocycles. The van der Waals surface area contributed by atoms with Crippen LogP contribution in [0.3, 0.4) is 0 Å². The van der Waals surface area contributed by atoms with E-state index in [9.17, 15) is 4.79 Å². The molecule has 0 atom stereocenters. The Labute approximate surface area is 166 Å². The molecule has 2 aliphatic rings. The van der Waals surface area contributed by atoms with Gasteiger partial charge in [-0.1, -0.05) is 30.8 Å². The molecule has 0 radical (unpaired) electrons. The number of hydrogen-bond acceptors (Lipinski definition) is 5. The Bertz CT molecular complexity index is 773. The number of amides is 1. The molecule has 28 heavy (non-hydrogen) atoms. The summed E-state index contributed by atoms with van der Waals surface area (Å²) in [4.78, 5) is 19.1. The van der Waals surface area contributed by atoms with Crippen LogP contribution in [0.25, 0.3) is 11.4 Å². The third kappa shape index (κ3) is 4.37. The predicted molar refractivity (Wildman–Crippen MR) is 106 cm³/mol. The lowest BCUT2D eigenvalue weighted by Gasteiger charge is -2.30. The molecule has 6 heteroatoms. The molecule has 2 heterocycles. The number of ether oxygens (including phenoxy) is 1. The lowest BCUT2D eigenvalue weighted by molar-refractivity contribution is -0.132. The average Bonchev–Trinajstić information content (AvgIpc) is 3.44. The number of aromatic nitrogens is 2. The summed E-state index contributed by atoms with van der Waals surface area (Å²) in [5, 5.41) is 4.14. The molecular weight excluding hydrogens is 354 g/mol. The van der Waals surface area contributed by atoms with Gasteiger partial charge in [0, 0.05) is 31.0 Å². The molecule has 1 aromatic carbocycles. The summed E-state index contributed by atoms with van der Waals surface area (Å²) >= 11 is 0. The molecule has 0 bridgehead atoms. The van der Waals surface area contributed by atoms with Gasteiger partial charge in [-0.25, -0.2) is 0 Å². The van der Waals surface area contributed by atoms with Crippen molar-refractivity contribution in [3.8, 4) is 17.1 Å². The van der Waals surface area contributed by atoms with Gasteiger partial charge in [-0.05, 0) is 49.4 Å². The van der Waals surface area contributed by atoms with Crippen LogP contribution >= 0.6 is 0 Å². The van der Waals surface area contributed by atoms with E-state index in [1.165, 1.54) is 25.7 Å². The minimum absolute atomic E-state index is 0.235. The van der Waals surface area contributed by atoms with E-state index in [-0.39, 0.29) is 5.92 Å². The summed E-state index contributed by atoms with van der Waals surface area (Å²) in [6.07, 6.45) is 8.84. The zero-order valence-electron chi connectivity index (χ0n) is 16.6. The van der Waals surface area contributed by atoms with Crippen molar-refractivity contribution in [3.63, 3.8) is 0 Å². The lowest BCUT2D eigenvalue weighted by Crippen LogP contribution is -2.38. The molecule has 1 aliphatic carbocycles. The highest BCUT2D eigenvalue weighted by atomic mass is 16.5. The molecule has 6 nitrogen and oxygen atoms in total. The van der Waals surface area contributed by atoms with Crippen molar-refractivity contribution in [3.05, 3.63) is 30.2 Å². The van der Waals surface area contributed by atoms with E-state index in [0.717, 1.165) is 49.6 Å². The van der Waals surface area contributed by atoms with Crippen molar-refractivity contribution in [1.82, 2.24) is 15.0 Å². The average molecular weight is 383 g/mol. The number of rotatable bonds is 6. The molecule has 0 unspecified atom stereocenters. The fraction of sp³-hybridized carbons (Fsp3) is 0.591. The first-order chi connectivity index (χ1) is 13.7. The number of nitrogens with zero attached hydrogens (tertiary/aromatic N) is 3. The minimum atomic E-state index is 0.235. The van der Waals surface area contributed by atoms with E-state index >= 15 is 0 Å². The lowest BCUT2D eigenvalue weighted by atomic mass is 9.95. The minimum Gasteiger partial charge on any atom is -0.497 e. The summed E-state index contributed by atoms with van der Waals surface area (Å²) in [6.45, 7) is 1.57. The van der Waals surface area contributed by atoms with Crippen molar-refractivity contribution in [1.29, 1.82) is 0 Å². The molecule has 2 fully saturated rings. The van der Waals surface area contributed by atoms with Crippen LogP contribution in [0.5, 0.6) is 5.75 Å². The first-order valence-corrected chi connectivity index (χ1v) is 10.5. The molecule has 1 aliphatic heterocycles. The second kappa shape index (κ2) is 8.76. The van der Waals surface area contributed by atoms with Crippen molar-refractivity contribution in [2.45, 2.75) is 57.3 Å². The molecule has 4 rings (SSSR count). The normalized spacial score (nSPS) is 18.5. The molecular formula is C22H29N3O3. The molecule has 1 saturated heterocycles. The number of carbonyl (C=O) groups excluding carboxylic acids is 1. The number of hydrogen-bond donors (Lipinski definition) is 0. The Morgan fingerprint density at radius 2 is 1.86 bits per heavy atom. The number of methoxy groups -OCH3 is 1. The topological polar surface area (TPSA) is 68.5 Å². The predicted octanol–water partition coefficient (Wildman–Crippen LogP) is 4.42. The Morgan fingerprint density at radius 3 is 2.54 bits per heavy atom. The molecule has 1 aromatic heterocycles. The maximum absolute atomic E-state index is 12.5. The van der Waals surface area contributed by atoms with Crippen LogP contribution < -0.4 is 4.74 Å². The van der Waals surface area contributed by atoms with Gasteiger partial charge in [0.1, 0.15) is 5.75 Å². The van der Waals surface area contributed by atoms with Crippen molar-refractivity contribution < 1.29 is 14.1 Å². The van der Waals surface area contributed by atoms with Gasteiger partial charge in [0.25, 0.3) is 0 Å². The van der Waals surface area contributed by atoms with Crippen LogP contribution in [0.4, 0.5) is 0 Å². The molecule has 0 spiro atoms. The van der Waals surface area contributed by atoms with Gasteiger partial charge in [-0.2, -0.15) is 4.98 Å². The van der Waals surface area contributed by atoms with E-state index in [0.29, 0.717) is 24.0 Å². The van der Waals surface area contributed by atoms with Crippen LogP contribution in [0, 0.1) is 5.92 Å². The number of piperidine rings is 1. The number of carbonyl (C=O) groups is 1. The van der Waals surface area contributed by atoms with Crippen LogP contribution in [0.15, 0.2) is 28.8 Å². The van der Waals surface area contributed by atoms with Crippen molar-refractivity contribution >= 4 is 5.91 Å². The molecule has 1 amide bonds. The Balaban J connectivity index is 1.28. The van der Waals surface area contributed by atoms with Gasteiger partial charge in [-0.3, -0.25) is 4.79 Å². The number of likely N-dealkylation sites (tertiary alicyclic amines) is 1. The van der Waals surface area contributed by atoms with Crippen LogP contribution in [0.1, 0.15) is 63.2 Å². The summed E-state index contributed by atoms with van der Waals surface area (Å²) < 4.78 is 10.7. The van der Waals surface area contributed by atoms with Crippen LogP contribution in [-0.4, -0.2) is 41.1 Å². The van der Waals surface area contributed by atoms with E-state index in [4.69, 9.17) is 9.26 Å². The number of benzene rings is 1. The monoisotopic (exact) mass is 383 g/mol. The maximum atomic E-state index is 12.5. The summed E-state index contributed by atoms with van der Waals surface area (Å²) in [7, 11) is 1.65. The smallest absolute Gasteiger partial charge is 0.230 e. The zero-order chi connectivity index (χ0) is 19.3. The van der Waals surface area contributed by atoms with Gasteiger partial charge in [0.05, 0.1) is 7.11 Å². The highest BCUT2D eigenvalue weighted by Gasteiger charge is 2.28. The van der Waals surface area contributed by atoms with Gasteiger partial charge in [0.15, 0.2) is 0 Å². The van der Waals surface area contributed by atoms with Gasteiger partial charge < -0.3 is 14.2 Å².